The molecule has 0 bridgehead atoms. The second kappa shape index (κ2) is 8.08. The highest BCUT2D eigenvalue weighted by atomic mass is 16.7. The zero-order valence-corrected chi connectivity index (χ0v) is 16.2. The van der Waals surface area contributed by atoms with Crippen molar-refractivity contribution in [2.75, 3.05) is 33.0 Å². The van der Waals surface area contributed by atoms with Gasteiger partial charge in [0.25, 0.3) is 0 Å². The van der Waals surface area contributed by atoms with Crippen molar-refractivity contribution in [1.29, 1.82) is 0 Å². The number of fused-ring (bicyclic) bond motifs is 1. The smallest absolute Gasteiger partial charge is 0.307 e. The summed E-state index contributed by atoms with van der Waals surface area (Å²) in [6.45, 7) is 5.67. The Bertz CT molecular complexity index is 906. The van der Waals surface area contributed by atoms with Crippen molar-refractivity contribution in [3.63, 3.8) is 0 Å². The fraction of sp³-hybridized carbons (Fsp3) is 0.474. The third-order valence-corrected chi connectivity index (χ3v) is 5.32. The first-order valence-electron chi connectivity index (χ1n) is 9.63. The molecule has 2 aromatic rings. The van der Waals surface area contributed by atoms with Crippen LogP contribution in [0.3, 0.4) is 0 Å². The van der Waals surface area contributed by atoms with Crippen LogP contribution in [-0.4, -0.2) is 63.4 Å². The van der Waals surface area contributed by atoms with Crippen LogP contribution in [0, 0.1) is 10.1 Å². The number of carbonyl (C=O) groups is 1. The summed E-state index contributed by atoms with van der Waals surface area (Å²) in [5.74, 6) is 1.50. The Morgan fingerprint density at radius 3 is 2.69 bits per heavy atom. The lowest BCUT2D eigenvalue weighted by molar-refractivity contribution is -0.385. The van der Waals surface area contributed by atoms with Gasteiger partial charge in [0.2, 0.25) is 12.7 Å². The average Bonchev–Trinajstić information content (AvgIpc) is 3.38. The van der Waals surface area contributed by atoms with Gasteiger partial charge in [-0.25, -0.2) is 0 Å². The molecule has 0 radical (unpaired) electrons. The number of nitro groups is 1. The van der Waals surface area contributed by atoms with Crippen molar-refractivity contribution in [3.05, 3.63) is 46.3 Å². The van der Waals surface area contributed by atoms with Gasteiger partial charge in [-0.05, 0) is 24.1 Å². The van der Waals surface area contributed by atoms with Crippen LogP contribution in [0.2, 0.25) is 0 Å². The lowest BCUT2D eigenvalue weighted by Crippen LogP contribution is -2.50. The van der Waals surface area contributed by atoms with E-state index in [2.05, 4.69) is 10.00 Å². The number of benzene rings is 1. The van der Waals surface area contributed by atoms with Gasteiger partial charge in [0.15, 0.2) is 11.5 Å². The number of rotatable bonds is 6. The maximum atomic E-state index is 12.9. The number of piperazine rings is 1. The molecule has 3 heterocycles. The van der Waals surface area contributed by atoms with Gasteiger partial charge in [0.1, 0.15) is 18.4 Å². The quantitative estimate of drug-likeness (QED) is 0.537. The monoisotopic (exact) mass is 401 g/mol. The number of nitrogens with zero attached hydrogens (tertiary/aromatic N) is 5. The topological polar surface area (TPSA) is 103 Å². The van der Waals surface area contributed by atoms with Crippen molar-refractivity contribution >= 4 is 11.6 Å². The molecule has 1 amide bonds. The standard InChI is InChI=1S/C19H23N5O5/c1-2-16(23-12-15(10-20-23)24(26)27)19(25)22-7-5-21(6-8-22)11-14-3-4-17-18(9-14)29-13-28-17/h3-4,9-10,12,16H,2,5-8,11,13H2,1H3. The predicted molar refractivity (Wildman–Crippen MR) is 103 cm³/mol. The zero-order chi connectivity index (χ0) is 20.4. The van der Waals surface area contributed by atoms with Crippen LogP contribution < -0.4 is 9.47 Å². The van der Waals surface area contributed by atoms with Crippen molar-refractivity contribution in [2.45, 2.75) is 25.9 Å². The normalized spacial score (nSPS) is 17.3. The summed E-state index contributed by atoms with van der Waals surface area (Å²) in [6, 6.07) is 5.43. The van der Waals surface area contributed by atoms with Gasteiger partial charge in [-0.3, -0.25) is 24.5 Å². The van der Waals surface area contributed by atoms with Gasteiger partial charge in [-0.2, -0.15) is 5.10 Å². The van der Waals surface area contributed by atoms with E-state index in [0.717, 1.165) is 36.7 Å². The van der Waals surface area contributed by atoms with Gasteiger partial charge in [0, 0.05) is 32.7 Å². The first-order valence-corrected chi connectivity index (χ1v) is 9.63. The Kier molecular flexibility index (Phi) is 5.34. The number of hydrogen-bond donors (Lipinski definition) is 0. The molecule has 154 valence electrons. The van der Waals surface area contributed by atoms with E-state index in [0.29, 0.717) is 19.5 Å². The summed E-state index contributed by atoms with van der Waals surface area (Å²) >= 11 is 0. The van der Waals surface area contributed by atoms with Crippen LogP contribution in [-0.2, 0) is 11.3 Å². The fourth-order valence-corrected chi connectivity index (χ4v) is 3.70. The summed E-state index contributed by atoms with van der Waals surface area (Å²) in [7, 11) is 0. The van der Waals surface area contributed by atoms with E-state index < -0.39 is 11.0 Å². The highest BCUT2D eigenvalue weighted by Crippen LogP contribution is 2.33. The third kappa shape index (κ3) is 4.02. The molecule has 1 fully saturated rings. The molecule has 4 rings (SSSR count). The Morgan fingerprint density at radius 2 is 2.00 bits per heavy atom. The molecule has 0 saturated carbocycles. The molecule has 10 nitrogen and oxygen atoms in total. The summed E-state index contributed by atoms with van der Waals surface area (Å²) < 4.78 is 12.2. The first kappa shape index (κ1) is 19.2. The SMILES string of the molecule is CCC(C(=O)N1CCN(Cc2ccc3c(c2)OCO3)CC1)n1cc([N+](=O)[O-])cn1. The van der Waals surface area contributed by atoms with Crippen LogP contribution >= 0.6 is 0 Å². The van der Waals surface area contributed by atoms with Crippen LogP contribution in [0.4, 0.5) is 5.69 Å². The summed E-state index contributed by atoms with van der Waals surface area (Å²) in [4.78, 5) is 27.4. The van der Waals surface area contributed by atoms with Crippen LogP contribution in [0.5, 0.6) is 11.5 Å². The molecule has 29 heavy (non-hydrogen) atoms. The molecule has 0 spiro atoms. The molecule has 1 atom stereocenters. The van der Waals surface area contributed by atoms with E-state index in [1.54, 1.807) is 0 Å². The van der Waals surface area contributed by atoms with Crippen LogP contribution in [0.15, 0.2) is 30.6 Å². The predicted octanol–water partition coefficient (Wildman–Crippen LogP) is 1.82. The minimum absolute atomic E-state index is 0.0479. The highest BCUT2D eigenvalue weighted by molar-refractivity contribution is 5.80. The van der Waals surface area contributed by atoms with Crippen molar-refractivity contribution < 1.29 is 19.2 Å². The molecule has 2 aliphatic rings. The van der Waals surface area contributed by atoms with E-state index in [9.17, 15) is 14.9 Å². The Labute approximate surface area is 167 Å². The molecule has 1 aromatic carbocycles. The van der Waals surface area contributed by atoms with Crippen LogP contribution in [0.1, 0.15) is 24.9 Å². The molecule has 0 N–H and O–H groups in total. The van der Waals surface area contributed by atoms with Crippen LogP contribution in [0.25, 0.3) is 0 Å². The maximum absolute atomic E-state index is 12.9. The summed E-state index contributed by atoms with van der Waals surface area (Å²) in [5.41, 5.74) is 1.04. The molecule has 1 aromatic heterocycles. The van der Waals surface area contributed by atoms with Gasteiger partial charge in [0.05, 0.1) is 4.92 Å². The van der Waals surface area contributed by atoms with Gasteiger partial charge < -0.3 is 14.4 Å². The number of amides is 1. The van der Waals surface area contributed by atoms with Gasteiger partial charge in [-0.15, -0.1) is 0 Å². The zero-order valence-electron chi connectivity index (χ0n) is 16.2. The van der Waals surface area contributed by atoms with E-state index in [1.165, 1.54) is 17.1 Å². The van der Waals surface area contributed by atoms with E-state index in [4.69, 9.17) is 9.47 Å². The third-order valence-electron chi connectivity index (χ3n) is 5.32. The number of aromatic nitrogens is 2. The lowest BCUT2D eigenvalue weighted by Gasteiger charge is -2.36. The Morgan fingerprint density at radius 1 is 1.24 bits per heavy atom. The number of carbonyl (C=O) groups excluding carboxylic acids is 1. The van der Waals surface area contributed by atoms with Gasteiger partial charge in [-0.1, -0.05) is 13.0 Å². The molecule has 1 unspecified atom stereocenters. The largest absolute Gasteiger partial charge is 0.454 e. The number of hydrogen-bond acceptors (Lipinski definition) is 7. The van der Waals surface area contributed by atoms with Gasteiger partial charge >= 0.3 is 5.69 Å². The minimum Gasteiger partial charge on any atom is -0.454 e. The summed E-state index contributed by atoms with van der Waals surface area (Å²) in [6.07, 6.45) is 3.02. The number of ether oxygens (including phenoxy) is 2. The molecule has 10 heteroatoms. The molecular formula is C19H23N5O5. The molecular weight excluding hydrogens is 378 g/mol. The van der Waals surface area contributed by atoms with Crippen molar-refractivity contribution in [1.82, 2.24) is 19.6 Å². The second-order valence-electron chi connectivity index (χ2n) is 7.15. The van der Waals surface area contributed by atoms with Crippen molar-refractivity contribution in [2.24, 2.45) is 0 Å². The highest BCUT2D eigenvalue weighted by Gasteiger charge is 2.29. The second-order valence-corrected chi connectivity index (χ2v) is 7.15. The first-order chi connectivity index (χ1) is 14.0. The van der Waals surface area contributed by atoms with E-state index >= 15 is 0 Å². The Balaban J connectivity index is 1.34. The molecule has 0 aliphatic carbocycles. The Hall–Kier alpha value is -3.14. The fourth-order valence-electron chi connectivity index (χ4n) is 3.70. The van der Waals surface area contributed by atoms with Crippen molar-refractivity contribution in [3.8, 4) is 11.5 Å². The maximum Gasteiger partial charge on any atom is 0.307 e. The van der Waals surface area contributed by atoms with E-state index in [-0.39, 0.29) is 18.4 Å². The lowest BCUT2D eigenvalue weighted by atomic mass is 10.1. The minimum atomic E-state index is -0.524. The molecule has 1 saturated heterocycles. The molecule has 2 aliphatic heterocycles. The summed E-state index contributed by atoms with van der Waals surface area (Å²) in [5, 5.41) is 14.9. The van der Waals surface area contributed by atoms with E-state index in [1.807, 2.05) is 30.0 Å². The average molecular weight is 401 g/mol.